The average molecular weight is 528 g/mol. The molecule has 1 fully saturated rings. The number of aliphatic hydroxyl groups excluding tert-OH is 1. The van der Waals surface area contributed by atoms with Crippen LogP contribution in [0.1, 0.15) is 64.6 Å². The smallest absolute Gasteiger partial charge is 0.349 e. The molecule has 4 heterocycles. The maximum absolute atomic E-state index is 13.2. The summed E-state index contributed by atoms with van der Waals surface area (Å²) in [4.78, 5) is 34.8. The second-order valence-corrected chi connectivity index (χ2v) is 11.0. The fourth-order valence-electron chi connectivity index (χ4n) is 5.51. The first-order chi connectivity index (χ1) is 17.8. The van der Waals surface area contributed by atoms with Crippen molar-refractivity contribution in [3.05, 3.63) is 46.6 Å². The molecule has 198 valence electrons. The fourth-order valence-corrected chi connectivity index (χ4v) is 6.31. The van der Waals surface area contributed by atoms with Gasteiger partial charge in [0.2, 0.25) is 12.2 Å². The molecule has 0 spiro atoms. The Balaban J connectivity index is 1.24. The Bertz CT molecular complexity index is 1170. The summed E-state index contributed by atoms with van der Waals surface area (Å²) >= 11 is 1.07. The van der Waals surface area contributed by atoms with Crippen LogP contribution in [0.15, 0.2) is 55.2 Å². The van der Waals surface area contributed by atoms with E-state index in [9.17, 15) is 14.7 Å². The third-order valence-electron chi connectivity index (χ3n) is 7.35. The van der Waals surface area contributed by atoms with Gasteiger partial charge in [0.1, 0.15) is 22.0 Å². The Morgan fingerprint density at radius 2 is 2.14 bits per heavy atom. The van der Waals surface area contributed by atoms with E-state index in [-0.39, 0.29) is 28.9 Å². The molecule has 3 aliphatic heterocycles. The number of hydrazine groups is 1. The number of aliphatic imine (C=N–C) groups is 2. The Morgan fingerprint density at radius 1 is 1.32 bits per heavy atom. The van der Waals surface area contributed by atoms with Crippen molar-refractivity contribution in [2.24, 2.45) is 15.9 Å². The summed E-state index contributed by atoms with van der Waals surface area (Å²) in [6.07, 6.45) is 8.64. The van der Waals surface area contributed by atoms with Crippen LogP contribution >= 0.6 is 11.8 Å². The first-order valence-corrected chi connectivity index (χ1v) is 13.6. The molecule has 5 rings (SSSR count). The molecule has 4 aliphatic rings. The van der Waals surface area contributed by atoms with Crippen LogP contribution in [0.25, 0.3) is 0 Å². The highest BCUT2D eigenvalue weighted by atomic mass is 32.2. The van der Waals surface area contributed by atoms with Gasteiger partial charge < -0.3 is 19.6 Å². The number of esters is 1. The molecule has 37 heavy (non-hydrogen) atoms. The first-order valence-electron chi connectivity index (χ1n) is 12.8. The molecule has 1 aromatic rings. The zero-order chi connectivity index (χ0) is 26.0. The van der Waals surface area contributed by atoms with E-state index < -0.39 is 17.9 Å². The van der Waals surface area contributed by atoms with Crippen LogP contribution in [0.4, 0.5) is 0 Å². The number of nitrogens with one attached hydrogen (secondary N) is 2. The van der Waals surface area contributed by atoms with E-state index in [4.69, 9.17) is 9.15 Å². The summed E-state index contributed by atoms with van der Waals surface area (Å²) < 4.78 is 11.4. The van der Waals surface area contributed by atoms with E-state index in [1.54, 1.807) is 12.3 Å². The Kier molecular flexibility index (Phi) is 7.32. The predicted molar refractivity (Wildman–Crippen MR) is 140 cm³/mol. The number of hydrogen-bond donors (Lipinski definition) is 3. The third-order valence-corrected chi connectivity index (χ3v) is 8.35. The van der Waals surface area contributed by atoms with Crippen molar-refractivity contribution >= 4 is 34.5 Å². The molecule has 2 atom stereocenters. The van der Waals surface area contributed by atoms with Crippen molar-refractivity contribution in [2.45, 2.75) is 77.1 Å². The lowest BCUT2D eigenvalue weighted by atomic mass is 9.78. The van der Waals surface area contributed by atoms with Gasteiger partial charge in [0.25, 0.3) is 0 Å². The lowest BCUT2D eigenvalue weighted by molar-refractivity contribution is -0.165. The van der Waals surface area contributed by atoms with Crippen LogP contribution in [0.3, 0.4) is 0 Å². The minimum absolute atomic E-state index is 0.0126. The van der Waals surface area contributed by atoms with Crippen molar-refractivity contribution in [1.29, 1.82) is 0 Å². The molecule has 1 saturated carbocycles. The van der Waals surface area contributed by atoms with Crippen molar-refractivity contribution in [1.82, 2.24) is 15.8 Å². The third kappa shape index (κ3) is 5.56. The van der Waals surface area contributed by atoms with E-state index in [0.29, 0.717) is 31.0 Å². The number of cyclic esters (lactones) is 1. The molecule has 1 aliphatic carbocycles. The highest BCUT2D eigenvalue weighted by Crippen LogP contribution is 2.46. The van der Waals surface area contributed by atoms with Gasteiger partial charge in [-0.1, -0.05) is 12.8 Å². The van der Waals surface area contributed by atoms with E-state index in [1.807, 2.05) is 31.0 Å². The van der Waals surface area contributed by atoms with Crippen LogP contribution in [-0.4, -0.2) is 51.3 Å². The van der Waals surface area contributed by atoms with Gasteiger partial charge in [-0.15, -0.1) is 0 Å². The van der Waals surface area contributed by atoms with Crippen molar-refractivity contribution in [3.8, 4) is 0 Å². The zero-order valence-corrected chi connectivity index (χ0v) is 22.0. The van der Waals surface area contributed by atoms with Crippen molar-refractivity contribution in [2.75, 3.05) is 6.54 Å². The predicted octanol–water partition coefficient (Wildman–Crippen LogP) is 3.94. The second-order valence-electron chi connectivity index (χ2n) is 9.99. The van der Waals surface area contributed by atoms with Gasteiger partial charge in [0.05, 0.1) is 6.26 Å². The molecular formula is C26H33N5O5S. The number of carbonyl (C=O) groups excluding carboxylic acids is 2. The summed E-state index contributed by atoms with van der Waals surface area (Å²) in [6, 6.07) is 3.65. The van der Waals surface area contributed by atoms with E-state index in [2.05, 4.69) is 20.7 Å². The summed E-state index contributed by atoms with van der Waals surface area (Å²) in [5.74, 6) is 0.292. The Hall–Kier alpha value is -3.21. The van der Waals surface area contributed by atoms with Crippen LogP contribution < -0.4 is 10.7 Å². The van der Waals surface area contributed by atoms with E-state index in [0.717, 1.165) is 54.6 Å². The number of aryl methyl sites for hydroxylation is 1. The molecule has 11 heteroatoms. The molecule has 1 aromatic heterocycles. The fraction of sp³-hybridized carbons (Fsp3) is 0.538. The Morgan fingerprint density at radius 3 is 2.86 bits per heavy atom. The molecule has 3 N–H and O–H groups in total. The number of allylic oxidation sites excluding steroid dienone is 2. The maximum Gasteiger partial charge on any atom is 0.349 e. The normalized spacial score (nSPS) is 25.8. The number of ether oxygens (including phenoxy) is 1. The van der Waals surface area contributed by atoms with Gasteiger partial charge in [0, 0.05) is 43.6 Å². The largest absolute Gasteiger partial charge is 0.511 e. The maximum atomic E-state index is 13.2. The lowest BCUT2D eigenvalue weighted by Crippen LogP contribution is -2.48. The highest BCUT2D eigenvalue weighted by molar-refractivity contribution is 8.17. The second kappa shape index (κ2) is 10.6. The summed E-state index contributed by atoms with van der Waals surface area (Å²) in [7, 11) is 0. The van der Waals surface area contributed by atoms with Crippen LogP contribution in [-0.2, 0) is 20.7 Å². The van der Waals surface area contributed by atoms with Crippen molar-refractivity contribution < 1.29 is 23.8 Å². The van der Waals surface area contributed by atoms with Gasteiger partial charge in [-0.25, -0.2) is 19.8 Å². The molecule has 1 amide bonds. The number of amides is 1. The number of fused-ring (bicyclic) bond motifs is 1. The molecule has 0 radical (unpaired) electrons. The number of thioether (sulfide) groups is 1. The number of hydrogen-bond acceptors (Lipinski definition) is 10. The number of furan rings is 1. The Labute approximate surface area is 220 Å². The number of aliphatic hydroxyl groups is 1. The quantitative estimate of drug-likeness (QED) is 0.434. The molecular weight excluding hydrogens is 494 g/mol. The van der Waals surface area contributed by atoms with Gasteiger partial charge >= 0.3 is 5.97 Å². The zero-order valence-electron chi connectivity index (χ0n) is 21.2. The van der Waals surface area contributed by atoms with Gasteiger partial charge in [-0.3, -0.25) is 10.2 Å². The van der Waals surface area contributed by atoms with Gasteiger partial charge in [-0.05, 0) is 62.6 Å². The van der Waals surface area contributed by atoms with E-state index in [1.165, 1.54) is 0 Å². The monoisotopic (exact) mass is 527 g/mol. The summed E-state index contributed by atoms with van der Waals surface area (Å²) in [6.45, 7) is 4.24. The van der Waals surface area contributed by atoms with Crippen LogP contribution in [0, 0.1) is 5.92 Å². The van der Waals surface area contributed by atoms with Crippen LogP contribution in [0.2, 0.25) is 0 Å². The van der Waals surface area contributed by atoms with Gasteiger partial charge in [-0.2, -0.15) is 0 Å². The lowest BCUT2D eigenvalue weighted by Gasteiger charge is -2.41. The molecule has 0 bridgehead atoms. The standard InChI is InChI=1S/C26H33N5O5S/c1-16-14-17(2)31-24(28-16)29-25(30-31)37-22-20(32)15-26(36-23(22)34,18-6-3-4-7-18)11-12-27-21(33)10-9-19-8-5-13-35-19/h5,8,13-14,18,24,32H,3-4,6-7,9-12,15H2,1-2H3,(H,27,33)(H,29,30). The van der Waals surface area contributed by atoms with Crippen LogP contribution in [0.5, 0.6) is 0 Å². The number of nitrogens with zero attached hydrogens (tertiary/aromatic N) is 3. The van der Waals surface area contributed by atoms with E-state index >= 15 is 0 Å². The minimum Gasteiger partial charge on any atom is -0.511 e. The molecule has 2 unspecified atom stereocenters. The number of carbonyl (C=O) groups is 2. The summed E-state index contributed by atoms with van der Waals surface area (Å²) in [5, 5.41) is 16.3. The highest BCUT2D eigenvalue weighted by Gasteiger charge is 2.48. The minimum atomic E-state index is -0.834. The molecule has 10 nitrogen and oxygen atoms in total. The van der Waals surface area contributed by atoms with Crippen molar-refractivity contribution in [3.63, 3.8) is 0 Å². The molecule has 0 aromatic carbocycles. The average Bonchev–Trinajstić information content (AvgIpc) is 3.62. The first kappa shape index (κ1) is 25.4. The number of amidine groups is 1. The topological polar surface area (TPSA) is 129 Å². The van der Waals surface area contributed by atoms with Gasteiger partial charge in [0.15, 0.2) is 5.17 Å². The molecule has 0 saturated heterocycles. The number of rotatable bonds is 8. The SMILES string of the molecule is CC1=CC(C)=NC2N=C(SC3=C(O)CC(CCNC(=O)CCc4ccco4)(C4CCCC4)OC3=O)NN12. The summed E-state index contributed by atoms with van der Waals surface area (Å²) in [5.41, 5.74) is 4.17.